The minimum Gasteiger partial charge on any atom is -0.515 e. The Bertz CT molecular complexity index is 503. The largest absolute Gasteiger partial charge is 0.515 e. The third-order valence-electron chi connectivity index (χ3n) is 3.21. The highest BCUT2D eigenvalue weighted by atomic mass is 19.1. The highest BCUT2D eigenvalue weighted by Crippen LogP contribution is 2.37. The molecule has 0 spiro atoms. The molecule has 0 saturated carbocycles. The van der Waals surface area contributed by atoms with Crippen LogP contribution < -0.4 is 5.73 Å². The molecule has 1 aliphatic heterocycles. The monoisotopic (exact) mass is 250 g/mol. The lowest BCUT2D eigenvalue weighted by atomic mass is 9.80. The van der Waals surface area contributed by atoms with Crippen molar-refractivity contribution in [1.29, 1.82) is 0 Å². The van der Waals surface area contributed by atoms with Gasteiger partial charge in [0, 0.05) is 24.6 Å². The normalized spacial score (nSPS) is 29.7. The van der Waals surface area contributed by atoms with Gasteiger partial charge in [0.2, 0.25) is 0 Å². The van der Waals surface area contributed by atoms with E-state index in [2.05, 4.69) is 4.99 Å². The van der Waals surface area contributed by atoms with Gasteiger partial charge >= 0.3 is 0 Å². The first-order valence-corrected chi connectivity index (χ1v) is 5.57. The molecule has 0 aromatic heterocycles. The summed E-state index contributed by atoms with van der Waals surface area (Å²) in [7, 11) is 1.51. The van der Waals surface area contributed by atoms with Crippen LogP contribution >= 0.6 is 0 Å². The van der Waals surface area contributed by atoms with E-state index in [1.807, 2.05) is 0 Å². The van der Waals surface area contributed by atoms with Crippen LogP contribution in [0.25, 0.3) is 0 Å². The lowest BCUT2D eigenvalue weighted by Gasteiger charge is -2.32. The lowest BCUT2D eigenvalue weighted by molar-refractivity contribution is 0.293. The Hall–Kier alpha value is -1.88. The summed E-state index contributed by atoms with van der Waals surface area (Å²) in [5.41, 5.74) is 6.19. The number of methoxy groups -OCH3 is 1. The zero-order chi connectivity index (χ0) is 13.2. The summed E-state index contributed by atoms with van der Waals surface area (Å²) in [6.07, 6.45) is 7.74. The van der Waals surface area contributed by atoms with Crippen molar-refractivity contribution in [2.75, 3.05) is 7.11 Å². The molecule has 18 heavy (non-hydrogen) atoms. The molecule has 96 valence electrons. The SMILES string of the molecule is COC1=CC=C(C2(N)CC=NC=C2F)CC1=CO. The number of halogens is 1. The van der Waals surface area contributed by atoms with Crippen molar-refractivity contribution in [2.45, 2.75) is 18.4 Å². The number of aliphatic hydroxyl groups excluding tert-OH is 1. The Morgan fingerprint density at radius 2 is 2.33 bits per heavy atom. The summed E-state index contributed by atoms with van der Waals surface area (Å²) < 4.78 is 19.0. The van der Waals surface area contributed by atoms with Gasteiger partial charge in [0.05, 0.1) is 25.1 Å². The van der Waals surface area contributed by atoms with E-state index >= 15 is 0 Å². The van der Waals surface area contributed by atoms with Gasteiger partial charge in [0.15, 0.2) is 0 Å². The van der Waals surface area contributed by atoms with Crippen molar-refractivity contribution >= 4 is 6.21 Å². The quantitative estimate of drug-likeness (QED) is 0.739. The van der Waals surface area contributed by atoms with Crippen LogP contribution in [0.3, 0.4) is 0 Å². The first kappa shape index (κ1) is 12.6. The van der Waals surface area contributed by atoms with Crippen LogP contribution in [0.2, 0.25) is 0 Å². The van der Waals surface area contributed by atoms with E-state index in [9.17, 15) is 9.50 Å². The third kappa shape index (κ3) is 1.97. The highest BCUT2D eigenvalue weighted by Gasteiger charge is 2.37. The first-order chi connectivity index (χ1) is 8.61. The van der Waals surface area contributed by atoms with E-state index in [1.165, 1.54) is 7.11 Å². The average Bonchev–Trinajstić information content (AvgIpc) is 2.41. The van der Waals surface area contributed by atoms with E-state index in [1.54, 1.807) is 18.4 Å². The molecule has 2 rings (SSSR count). The maximum atomic E-state index is 13.9. The van der Waals surface area contributed by atoms with E-state index < -0.39 is 11.4 Å². The van der Waals surface area contributed by atoms with Crippen LogP contribution in [-0.4, -0.2) is 24.0 Å². The number of nitrogens with two attached hydrogens (primary N) is 1. The maximum absolute atomic E-state index is 13.9. The van der Waals surface area contributed by atoms with Crippen LogP contribution in [0, 0.1) is 0 Å². The first-order valence-electron chi connectivity index (χ1n) is 5.57. The van der Waals surface area contributed by atoms with Crippen LogP contribution in [-0.2, 0) is 4.74 Å². The molecular formula is C13H15FN2O2. The number of hydrogen-bond donors (Lipinski definition) is 2. The summed E-state index contributed by atoms with van der Waals surface area (Å²) in [6.45, 7) is 0. The molecule has 0 aromatic carbocycles. The lowest BCUT2D eigenvalue weighted by Crippen LogP contribution is -2.44. The predicted molar refractivity (Wildman–Crippen MR) is 67.7 cm³/mol. The van der Waals surface area contributed by atoms with Gasteiger partial charge in [-0.3, -0.25) is 4.99 Å². The highest BCUT2D eigenvalue weighted by molar-refractivity contribution is 5.66. The standard InChI is InChI=1S/C13H15FN2O2/c1-18-11-3-2-10(6-9(11)8-17)13(15)4-5-16-7-12(13)14/h2-3,5,7-8,17H,4,6,15H2,1H3. The van der Waals surface area contributed by atoms with Gasteiger partial charge in [-0.05, 0) is 11.6 Å². The fourth-order valence-corrected chi connectivity index (χ4v) is 2.06. The second-order valence-corrected chi connectivity index (χ2v) is 4.24. The molecule has 1 heterocycles. The third-order valence-corrected chi connectivity index (χ3v) is 3.21. The fraction of sp³-hybridized carbons (Fsp3) is 0.308. The molecule has 4 nitrogen and oxygen atoms in total. The molecule has 0 aromatic rings. The average molecular weight is 250 g/mol. The van der Waals surface area contributed by atoms with Gasteiger partial charge in [-0.2, -0.15) is 0 Å². The molecule has 2 aliphatic rings. The van der Waals surface area contributed by atoms with Crippen LogP contribution in [0.1, 0.15) is 12.8 Å². The molecule has 1 aliphatic carbocycles. The van der Waals surface area contributed by atoms with Gasteiger partial charge in [0.25, 0.3) is 0 Å². The smallest absolute Gasteiger partial charge is 0.143 e. The van der Waals surface area contributed by atoms with Crippen molar-refractivity contribution in [2.24, 2.45) is 10.7 Å². The van der Waals surface area contributed by atoms with Gasteiger partial charge in [-0.1, -0.05) is 6.08 Å². The summed E-state index contributed by atoms with van der Waals surface area (Å²) in [6, 6.07) is 0. The van der Waals surface area contributed by atoms with Crippen molar-refractivity contribution in [3.8, 4) is 0 Å². The van der Waals surface area contributed by atoms with E-state index in [0.717, 1.165) is 12.5 Å². The minimum absolute atomic E-state index is 0.302. The van der Waals surface area contributed by atoms with Gasteiger partial charge in [-0.15, -0.1) is 0 Å². The van der Waals surface area contributed by atoms with Gasteiger partial charge < -0.3 is 15.6 Å². The van der Waals surface area contributed by atoms with Crippen LogP contribution in [0.15, 0.2) is 52.3 Å². The van der Waals surface area contributed by atoms with Crippen molar-refractivity contribution < 1.29 is 14.2 Å². The van der Waals surface area contributed by atoms with Crippen molar-refractivity contribution in [1.82, 2.24) is 0 Å². The number of nitrogens with zero attached hydrogens (tertiary/aromatic N) is 1. The summed E-state index contributed by atoms with van der Waals surface area (Å²) in [5.74, 6) is 0.0847. The molecule has 0 fully saturated rings. The van der Waals surface area contributed by atoms with Gasteiger partial charge in [0.1, 0.15) is 11.6 Å². The summed E-state index contributed by atoms with van der Waals surface area (Å²) in [5, 5.41) is 9.17. The number of ether oxygens (including phenoxy) is 1. The molecule has 0 bridgehead atoms. The molecule has 0 saturated heterocycles. The number of aliphatic imine (C=N–C) groups is 1. The minimum atomic E-state index is -1.17. The zero-order valence-electron chi connectivity index (χ0n) is 10.1. The molecule has 5 heteroatoms. The number of allylic oxidation sites excluding steroid dienone is 3. The second-order valence-electron chi connectivity index (χ2n) is 4.24. The van der Waals surface area contributed by atoms with E-state index in [-0.39, 0.29) is 0 Å². The Labute approximate surface area is 105 Å². The second kappa shape index (κ2) is 4.78. The number of hydrogen-bond acceptors (Lipinski definition) is 4. The number of aliphatic hydroxyl groups is 1. The van der Waals surface area contributed by atoms with Gasteiger partial charge in [-0.25, -0.2) is 4.39 Å². The maximum Gasteiger partial charge on any atom is 0.143 e. The summed E-state index contributed by atoms with van der Waals surface area (Å²) >= 11 is 0. The topological polar surface area (TPSA) is 67.8 Å². The Morgan fingerprint density at radius 3 is 2.94 bits per heavy atom. The van der Waals surface area contributed by atoms with E-state index in [0.29, 0.717) is 29.7 Å². The summed E-state index contributed by atoms with van der Waals surface area (Å²) in [4.78, 5) is 3.75. The number of rotatable bonds is 2. The molecule has 0 radical (unpaired) electrons. The fourth-order valence-electron chi connectivity index (χ4n) is 2.06. The molecular weight excluding hydrogens is 235 g/mol. The van der Waals surface area contributed by atoms with Crippen molar-refractivity contribution in [3.05, 3.63) is 47.3 Å². The molecule has 0 amide bonds. The zero-order valence-corrected chi connectivity index (χ0v) is 10.1. The Morgan fingerprint density at radius 1 is 1.56 bits per heavy atom. The molecule has 1 unspecified atom stereocenters. The predicted octanol–water partition coefficient (Wildman–Crippen LogP) is 2.27. The Balaban J connectivity index is 2.36. The van der Waals surface area contributed by atoms with E-state index in [4.69, 9.17) is 10.5 Å². The molecule has 1 atom stereocenters. The van der Waals surface area contributed by atoms with Crippen molar-refractivity contribution in [3.63, 3.8) is 0 Å². The van der Waals surface area contributed by atoms with Crippen LogP contribution in [0.5, 0.6) is 0 Å². The van der Waals surface area contributed by atoms with Crippen LogP contribution in [0.4, 0.5) is 4.39 Å². The molecule has 3 N–H and O–H groups in total. The Kier molecular flexibility index (Phi) is 3.34.